The quantitative estimate of drug-likeness (QED) is 0.0797. The number of carboxylic acid groups (broad SMARTS) is 2. The minimum atomic E-state index is -1.69. The van der Waals surface area contributed by atoms with Gasteiger partial charge >= 0.3 is 11.9 Å². The number of carbonyl (C=O) groups is 8. The molecule has 5 atom stereocenters. The van der Waals surface area contributed by atoms with Crippen molar-refractivity contribution in [3.05, 3.63) is 70.0 Å². The number of benzene rings is 1. The van der Waals surface area contributed by atoms with Crippen LogP contribution in [0.15, 0.2) is 48.8 Å². The molecule has 332 valence electrons. The molecule has 61 heavy (non-hydrogen) atoms. The maximum Gasteiger partial charge on any atom is 0.326 e. The number of likely N-dealkylation sites (N-methyl/N-ethyl adjacent to an activating group) is 1. The summed E-state index contributed by atoms with van der Waals surface area (Å²) in [5.41, 5.74) is 6.44. The number of halogens is 2. The number of nitrogens with one attached hydrogen (secondary N) is 4. The van der Waals surface area contributed by atoms with Crippen LogP contribution in [0.1, 0.15) is 89.2 Å². The molecule has 19 heteroatoms. The summed E-state index contributed by atoms with van der Waals surface area (Å²) >= 11 is 12.1. The van der Waals surface area contributed by atoms with Gasteiger partial charge in [0.05, 0.1) is 16.5 Å². The van der Waals surface area contributed by atoms with E-state index in [9.17, 15) is 48.6 Å². The molecule has 1 heterocycles. The van der Waals surface area contributed by atoms with Gasteiger partial charge in [-0.1, -0.05) is 81.3 Å². The van der Waals surface area contributed by atoms with E-state index in [4.69, 9.17) is 28.9 Å². The van der Waals surface area contributed by atoms with E-state index >= 15 is 0 Å². The minimum absolute atomic E-state index is 0.0182. The lowest BCUT2D eigenvalue weighted by Gasteiger charge is -2.34. The first-order valence-corrected chi connectivity index (χ1v) is 20.8. The molecule has 1 aromatic heterocycles. The predicted molar refractivity (Wildman–Crippen MR) is 227 cm³/mol. The largest absolute Gasteiger partial charge is 0.481 e. The van der Waals surface area contributed by atoms with Gasteiger partial charge in [0.15, 0.2) is 0 Å². The first kappa shape index (κ1) is 49.8. The molecule has 2 aromatic rings. The van der Waals surface area contributed by atoms with Gasteiger partial charge in [-0.15, -0.1) is 0 Å². The Hall–Kier alpha value is -5.55. The Kier molecular flexibility index (Phi) is 20.1. The molecule has 1 aromatic carbocycles. The van der Waals surface area contributed by atoms with Crippen LogP contribution in [0, 0.1) is 11.8 Å². The van der Waals surface area contributed by atoms with Gasteiger partial charge in [0.2, 0.25) is 35.4 Å². The van der Waals surface area contributed by atoms with E-state index in [0.717, 1.165) is 37.0 Å². The van der Waals surface area contributed by atoms with Crippen molar-refractivity contribution in [1.29, 1.82) is 0 Å². The van der Waals surface area contributed by atoms with Gasteiger partial charge in [0.1, 0.15) is 30.2 Å². The second-order valence-corrected chi connectivity index (χ2v) is 16.4. The molecule has 0 radical (unpaired) electrons. The fourth-order valence-electron chi connectivity index (χ4n) is 6.99. The molecule has 3 rings (SSSR count). The highest BCUT2D eigenvalue weighted by atomic mass is 35.5. The Morgan fingerprint density at radius 3 is 2.11 bits per heavy atom. The first-order valence-electron chi connectivity index (χ1n) is 20.1. The van der Waals surface area contributed by atoms with Gasteiger partial charge in [-0.05, 0) is 66.5 Å². The number of primary amides is 1. The summed E-state index contributed by atoms with van der Waals surface area (Å²) in [6.45, 7) is 3.52. The van der Waals surface area contributed by atoms with Crippen LogP contribution in [0.2, 0.25) is 10.0 Å². The Morgan fingerprint density at radius 1 is 0.869 bits per heavy atom. The number of carboxylic acids is 2. The van der Waals surface area contributed by atoms with Crippen molar-refractivity contribution in [2.75, 3.05) is 7.05 Å². The van der Waals surface area contributed by atoms with Crippen LogP contribution in [0.25, 0.3) is 6.08 Å². The van der Waals surface area contributed by atoms with Gasteiger partial charge in [-0.2, -0.15) is 0 Å². The molecular weight excluding hydrogens is 833 g/mol. The van der Waals surface area contributed by atoms with Crippen molar-refractivity contribution >= 4 is 76.7 Å². The van der Waals surface area contributed by atoms with Crippen LogP contribution in [0.4, 0.5) is 0 Å². The molecule has 0 aliphatic heterocycles. The van der Waals surface area contributed by atoms with Crippen molar-refractivity contribution in [2.24, 2.45) is 17.6 Å². The van der Waals surface area contributed by atoms with E-state index in [1.165, 1.54) is 37.5 Å². The zero-order chi connectivity index (χ0) is 45.2. The molecule has 17 nitrogen and oxygen atoms in total. The molecule has 1 aliphatic carbocycles. The lowest BCUT2D eigenvalue weighted by molar-refractivity contribution is -0.148. The molecule has 0 bridgehead atoms. The average Bonchev–Trinajstić information content (AvgIpc) is 3.21. The zero-order valence-electron chi connectivity index (χ0n) is 34.4. The third kappa shape index (κ3) is 17.2. The summed E-state index contributed by atoms with van der Waals surface area (Å²) < 4.78 is 0. The van der Waals surface area contributed by atoms with Crippen molar-refractivity contribution in [3.8, 4) is 0 Å². The zero-order valence-corrected chi connectivity index (χ0v) is 35.9. The van der Waals surface area contributed by atoms with Gasteiger partial charge in [-0.3, -0.25) is 38.5 Å². The molecular formula is C42H55Cl2N7O10. The maximum absolute atomic E-state index is 14.4. The molecule has 1 fully saturated rings. The highest BCUT2D eigenvalue weighted by Crippen LogP contribution is 2.28. The Labute approximate surface area is 364 Å². The summed E-state index contributed by atoms with van der Waals surface area (Å²) in [7, 11) is 1.21. The summed E-state index contributed by atoms with van der Waals surface area (Å²) in [6, 6.07) is 0.788. The number of nitrogens with zero attached hydrogens (tertiary/aromatic N) is 2. The highest BCUT2D eigenvalue weighted by Gasteiger charge is 2.38. The van der Waals surface area contributed by atoms with Crippen molar-refractivity contribution < 1.29 is 48.6 Å². The Bertz CT molecular complexity index is 1910. The Morgan fingerprint density at radius 2 is 1.52 bits per heavy atom. The lowest BCUT2D eigenvalue weighted by Crippen LogP contribution is -2.60. The van der Waals surface area contributed by atoms with Crippen LogP contribution < -0.4 is 27.0 Å². The molecule has 1 saturated carbocycles. The maximum atomic E-state index is 14.4. The number of hydrogen-bond acceptors (Lipinski definition) is 9. The topological polar surface area (TPSA) is 267 Å². The molecule has 0 saturated heterocycles. The van der Waals surface area contributed by atoms with Crippen LogP contribution in [0.5, 0.6) is 0 Å². The van der Waals surface area contributed by atoms with Crippen molar-refractivity contribution in [3.63, 3.8) is 0 Å². The average molecular weight is 889 g/mol. The SMILES string of the molecule is CC(C)C[C@H](NC(=O)[C@H](CC(=O)O)N(C)C(=O)[C@H](CC1CCCCC1)NC(=O)[C@H](CCC(N)=O)NC(=O)/C=C/c1cccnc1)C(=O)N[C@@H](Cc1ccc(Cl)c(Cl)c1)C(=O)O. The van der Waals surface area contributed by atoms with Gasteiger partial charge < -0.3 is 42.1 Å². The number of nitrogens with two attached hydrogens (primary N) is 1. The number of aromatic nitrogens is 1. The molecule has 6 amide bonds. The predicted octanol–water partition coefficient (Wildman–Crippen LogP) is 3.25. The van der Waals surface area contributed by atoms with Gasteiger partial charge in [0, 0.05) is 38.4 Å². The molecule has 1 aliphatic rings. The smallest absolute Gasteiger partial charge is 0.326 e. The number of aliphatic carboxylic acids is 2. The minimum Gasteiger partial charge on any atom is -0.481 e. The fourth-order valence-corrected chi connectivity index (χ4v) is 7.31. The second kappa shape index (κ2) is 24.6. The normalized spacial score (nSPS) is 15.4. The van der Waals surface area contributed by atoms with Crippen LogP contribution >= 0.6 is 23.2 Å². The van der Waals surface area contributed by atoms with E-state index in [1.54, 1.807) is 38.2 Å². The van der Waals surface area contributed by atoms with E-state index in [2.05, 4.69) is 26.3 Å². The van der Waals surface area contributed by atoms with E-state index in [0.29, 0.717) is 11.1 Å². The molecule has 0 unspecified atom stereocenters. The van der Waals surface area contributed by atoms with Crippen molar-refractivity contribution in [2.45, 2.75) is 115 Å². The third-order valence-electron chi connectivity index (χ3n) is 10.2. The first-order chi connectivity index (χ1) is 28.8. The number of amides is 6. The van der Waals surface area contributed by atoms with E-state index in [-0.39, 0.29) is 54.0 Å². The third-order valence-corrected chi connectivity index (χ3v) is 10.9. The Balaban J connectivity index is 1.87. The van der Waals surface area contributed by atoms with Gasteiger partial charge in [0.25, 0.3) is 0 Å². The van der Waals surface area contributed by atoms with E-state index < -0.39 is 84.0 Å². The monoisotopic (exact) mass is 887 g/mol. The summed E-state index contributed by atoms with van der Waals surface area (Å²) in [5, 5.41) is 30.5. The number of pyridine rings is 1. The molecule has 8 N–H and O–H groups in total. The fraction of sp³-hybridized carbons (Fsp3) is 0.500. The number of hydrogen-bond donors (Lipinski definition) is 7. The van der Waals surface area contributed by atoms with E-state index in [1.807, 2.05) is 0 Å². The highest BCUT2D eigenvalue weighted by molar-refractivity contribution is 6.42. The summed E-state index contributed by atoms with van der Waals surface area (Å²) in [6.07, 6.45) is 8.59. The van der Waals surface area contributed by atoms with Crippen LogP contribution in [-0.2, 0) is 44.8 Å². The second-order valence-electron chi connectivity index (χ2n) is 15.6. The van der Waals surface area contributed by atoms with Crippen LogP contribution in [0.3, 0.4) is 0 Å². The van der Waals surface area contributed by atoms with Crippen LogP contribution in [-0.4, -0.2) is 105 Å². The number of rotatable bonds is 23. The summed E-state index contributed by atoms with van der Waals surface area (Å²) in [5.74, 6) is -7.95. The number of carbonyl (C=O) groups excluding carboxylic acids is 6. The summed E-state index contributed by atoms with van der Waals surface area (Å²) in [4.78, 5) is 110. The standard InChI is InChI=1S/C42H55Cl2N7O10/c1-24(2)18-31(39(57)50-33(42(60)61)21-27-11-13-28(43)29(44)19-27)48-40(58)34(22-37(54)55)51(3)41(59)32(20-25-8-5-4-6-9-25)49-38(56)30(14-15-35(45)52)47-36(53)16-12-26-10-7-17-46-23-26/h7,10-13,16-17,19,23-25,30-34H,4-6,8-9,14-15,18,20-22H2,1-3H3,(H2,45,52)(H,47,53)(H,48,58)(H,49,56)(H,50,57)(H,54,55)(H,60,61)/b16-12+/t30-,31-,32-,33-,34-/m0/s1. The van der Waals surface area contributed by atoms with Crippen molar-refractivity contribution in [1.82, 2.24) is 31.2 Å². The van der Waals surface area contributed by atoms with Gasteiger partial charge in [-0.25, -0.2) is 4.79 Å². The molecule has 0 spiro atoms. The lowest BCUT2D eigenvalue weighted by atomic mass is 9.84.